The first-order valence-electron chi connectivity index (χ1n) is 13.4. The highest BCUT2D eigenvalue weighted by atomic mass is 16.5. The fourth-order valence-electron chi connectivity index (χ4n) is 6.77. The fraction of sp³-hybridized carbons (Fsp3) is 0.333. The molecule has 3 aliphatic carbocycles. The highest BCUT2D eigenvalue weighted by Crippen LogP contribution is 2.49. The molecule has 0 heterocycles. The molecule has 3 aromatic rings. The lowest BCUT2D eigenvalue weighted by Gasteiger charge is -2.31. The first-order chi connectivity index (χ1) is 18.0. The Morgan fingerprint density at radius 3 is 2.68 bits per heavy atom. The summed E-state index contributed by atoms with van der Waals surface area (Å²) >= 11 is 0. The Hall–Kier alpha value is -3.66. The Labute approximate surface area is 217 Å². The normalized spacial score (nSPS) is 21.0. The number of rotatable bonds is 2. The first kappa shape index (κ1) is 23.7. The van der Waals surface area contributed by atoms with Crippen molar-refractivity contribution < 1.29 is 19.4 Å². The Bertz CT molecular complexity index is 1510. The van der Waals surface area contributed by atoms with E-state index in [1.807, 2.05) is 12.1 Å². The number of ether oxygens (including phenoxy) is 1. The molecule has 3 bridgehead atoms. The third-order valence-electron chi connectivity index (χ3n) is 8.60. The second kappa shape index (κ2) is 9.33. The lowest BCUT2D eigenvalue weighted by molar-refractivity contribution is -0.124. The minimum absolute atomic E-state index is 0.000212. The summed E-state index contributed by atoms with van der Waals surface area (Å²) in [5.41, 5.74) is 8.13. The average molecular weight is 493 g/mol. The number of phenolic OH excluding ortho intramolecular Hbond substituents is 1. The number of aromatic hydroxyl groups is 1. The van der Waals surface area contributed by atoms with Gasteiger partial charge in [0.15, 0.2) is 17.3 Å². The van der Waals surface area contributed by atoms with Crippen LogP contribution in [0.5, 0.6) is 11.5 Å². The lowest BCUT2D eigenvalue weighted by atomic mass is 9.73. The monoisotopic (exact) mass is 492 g/mol. The van der Waals surface area contributed by atoms with Gasteiger partial charge in [-0.3, -0.25) is 9.59 Å². The number of hydrogen-bond acceptors (Lipinski definition) is 4. The summed E-state index contributed by atoms with van der Waals surface area (Å²) in [4.78, 5) is 25.4. The predicted molar refractivity (Wildman–Crippen MR) is 147 cm³/mol. The molecule has 0 saturated heterocycles. The number of carbonyl (C=O) groups excluding carboxylic acids is 2. The Kier molecular flexibility index (Phi) is 5.98. The summed E-state index contributed by atoms with van der Waals surface area (Å²) < 4.78 is 5.55. The molecular formula is C33H32O4. The van der Waals surface area contributed by atoms with Crippen LogP contribution in [0.1, 0.15) is 78.3 Å². The summed E-state index contributed by atoms with van der Waals surface area (Å²) in [6.45, 7) is 2.20. The Morgan fingerprint density at radius 2 is 1.86 bits per heavy atom. The van der Waals surface area contributed by atoms with Gasteiger partial charge in [0.1, 0.15) is 5.78 Å². The van der Waals surface area contributed by atoms with Gasteiger partial charge in [-0.1, -0.05) is 55.0 Å². The molecule has 37 heavy (non-hydrogen) atoms. The zero-order valence-electron chi connectivity index (χ0n) is 21.5. The topological polar surface area (TPSA) is 63.6 Å². The maximum absolute atomic E-state index is 12.7. The van der Waals surface area contributed by atoms with Crippen LogP contribution in [0.2, 0.25) is 0 Å². The molecule has 0 radical (unpaired) electrons. The standard InChI is InChI=1S/C33H32O4/c1-3-19-8-10-25(34)18-26(35)11-9-21-17-31(37-2)33(36)30-16-23-12-20-6-4-5-7-27(20)29-14-22(19)13-24(32(23)29)15-28(21)30/h4-7,9,11-12,14,17,19,24,36H,3,8,10,13,15-16,18H2,1-2H3. The number of benzene rings is 3. The maximum atomic E-state index is 12.7. The van der Waals surface area contributed by atoms with E-state index in [0.29, 0.717) is 24.5 Å². The van der Waals surface area contributed by atoms with Gasteiger partial charge in [-0.25, -0.2) is 0 Å². The maximum Gasteiger partial charge on any atom is 0.163 e. The molecule has 0 aliphatic heterocycles. The second-order valence-electron chi connectivity index (χ2n) is 10.7. The summed E-state index contributed by atoms with van der Waals surface area (Å²) in [7, 11) is 1.55. The number of fused-ring (bicyclic) bond motifs is 3. The fourth-order valence-corrected chi connectivity index (χ4v) is 6.77. The molecule has 2 unspecified atom stereocenters. The molecule has 1 N–H and O–H groups in total. The predicted octanol–water partition coefficient (Wildman–Crippen LogP) is 6.93. The van der Waals surface area contributed by atoms with Crippen LogP contribution in [0.15, 0.2) is 48.0 Å². The molecule has 0 amide bonds. The molecule has 0 fully saturated rings. The smallest absolute Gasteiger partial charge is 0.163 e. The van der Waals surface area contributed by atoms with Crippen molar-refractivity contribution in [1.82, 2.24) is 0 Å². The number of allylic oxidation sites excluding steroid dienone is 2. The average Bonchev–Trinajstić information content (AvgIpc) is 3.06. The summed E-state index contributed by atoms with van der Waals surface area (Å²) in [5.74, 6) is 0.973. The van der Waals surface area contributed by atoms with Crippen LogP contribution in [0, 0.1) is 5.92 Å². The Balaban J connectivity index is 1.65. The van der Waals surface area contributed by atoms with Crippen LogP contribution in [-0.2, 0) is 22.4 Å². The minimum atomic E-state index is -0.180. The van der Waals surface area contributed by atoms with Crippen LogP contribution in [0.3, 0.4) is 0 Å². The Morgan fingerprint density at radius 1 is 1.03 bits per heavy atom. The van der Waals surface area contributed by atoms with Gasteiger partial charge in [-0.15, -0.1) is 0 Å². The van der Waals surface area contributed by atoms with Gasteiger partial charge in [0, 0.05) is 18.4 Å². The van der Waals surface area contributed by atoms with Crippen molar-refractivity contribution in [3.8, 4) is 11.5 Å². The second-order valence-corrected chi connectivity index (χ2v) is 10.7. The third kappa shape index (κ3) is 4.09. The van der Waals surface area contributed by atoms with Gasteiger partial charge in [-0.2, -0.15) is 0 Å². The molecule has 0 aromatic heterocycles. The highest BCUT2D eigenvalue weighted by Gasteiger charge is 2.33. The van der Waals surface area contributed by atoms with Gasteiger partial charge >= 0.3 is 0 Å². The molecule has 2 atom stereocenters. The summed E-state index contributed by atoms with van der Waals surface area (Å²) in [6.07, 6.45) is 10.2. The van der Waals surface area contributed by atoms with Crippen LogP contribution < -0.4 is 4.74 Å². The zero-order chi connectivity index (χ0) is 25.7. The van der Waals surface area contributed by atoms with Crippen LogP contribution >= 0.6 is 0 Å². The van der Waals surface area contributed by atoms with Crippen LogP contribution in [0.4, 0.5) is 0 Å². The first-order valence-corrected chi connectivity index (χ1v) is 13.4. The van der Waals surface area contributed by atoms with Crippen molar-refractivity contribution in [2.45, 2.75) is 57.8 Å². The van der Waals surface area contributed by atoms with E-state index in [1.54, 1.807) is 7.11 Å². The van der Waals surface area contributed by atoms with Gasteiger partial charge < -0.3 is 9.84 Å². The van der Waals surface area contributed by atoms with E-state index in [9.17, 15) is 14.7 Å². The van der Waals surface area contributed by atoms with Gasteiger partial charge in [0.05, 0.1) is 13.5 Å². The molecule has 3 aromatic carbocycles. The van der Waals surface area contributed by atoms with E-state index in [-0.39, 0.29) is 29.7 Å². The summed E-state index contributed by atoms with van der Waals surface area (Å²) in [5, 5.41) is 13.7. The third-order valence-corrected chi connectivity index (χ3v) is 8.60. The molecule has 6 rings (SSSR count). The molecule has 4 heteroatoms. The molecular weight excluding hydrogens is 460 g/mol. The SMILES string of the molecule is CCC1CCC(=O)CC(=O)C=Cc2cc(OC)c(O)c3c2CC2CC1=Cc1c2c(cc2ccccc12)C3. The van der Waals surface area contributed by atoms with Crippen molar-refractivity contribution in [2.24, 2.45) is 5.92 Å². The number of hydrogen-bond donors (Lipinski definition) is 1. The highest BCUT2D eigenvalue weighted by molar-refractivity contribution is 6.06. The van der Waals surface area contributed by atoms with Crippen molar-refractivity contribution in [1.29, 1.82) is 0 Å². The van der Waals surface area contributed by atoms with E-state index < -0.39 is 0 Å². The van der Waals surface area contributed by atoms with Gasteiger partial charge in [0.2, 0.25) is 0 Å². The quantitative estimate of drug-likeness (QED) is 0.394. The number of carbonyl (C=O) groups is 2. The molecule has 0 spiro atoms. The number of Topliss-reactive ketones (excluding diaryl/α,β-unsaturated/α-hetero) is 1. The van der Waals surface area contributed by atoms with E-state index in [2.05, 4.69) is 43.3 Å². The minimum Gasteiger partial charge on any atom is -0.504 e. The van der Waals surface area contributed by atoms with Crippen molar-refractivity contribution >= 4 is 34.5 Å². The van der Waals surface area contributed by atoms with Gasteiger partial charge in [0.25, 0.3) is 0 Å². The lowest BCUT2D eigenvalue weighted by Crippen LogP contribution is -2.17. The van der Waals surface area contributed by atoms with E-state index in [0.717, 1.165) is 42.4 Å². The van der Waals surface area contributed by atoms with E-state index in [4.69, 9.17) is 4.74 Å². The number of phenols is 1. The van der Waals surface area contributed by atoms with E-state index in [1.165, 1.54) is 39.1 Å². The number of ketones is 2. The molecule has 4 nitrogen and oxygen atoms in total. The molecule has 188 valence electrons. The molecule has 3 aliphatic rings. The van der Waals surface area contributed by atoms with Crippen LogP contribution in [-0.4, -0.2) is 23.8 Å². The van der Waals surface area contributed by atoms with Gasteiger partial charge in [-0.05, 0) is 88.3 Å². The number of methoxy groups -OCH3 is 1. The zero-order valence-corrected chi connectivity index (χ0v) is 21.5. The summed E-state index contributed by atoms with van der Waals surface area (Å²) in [6, 6.07) is 12.7. The largest absolute Gasteiger partial charge is 0.504 e. The van der Waals surface area contributed by atoms with E-state index >= 15 is 0 Å². The van der Waals surface area contributed by atoms with Crippen LogP contribution in [0.25, 0.3) is 22.9 Å². The van der Waals surface area contributed by atoms with Crippen molar-refractivity contribution in [3.05, 3.63) is 81.4 Å². The van der Waals surface area contributed by atoms with Crippen molar-refractivity contribution in [3.63, 3.8) is 0 Å². The molecule has 0 saturated carbocycles. The van der Waals surface area contributed by atoms with Crippen molar-refractivity contribution in [2.75, 3.05) is 7.11 Å².